The second-order valence-electron chi connectivity index (χ2n) is 1.81. The van der Waals surface area contributed by atoms with E-state index in [1.165, 1.54) is 0 Å². The van der Waals surface area contributed by atoms with E-state index < -0.39 is 0 Å². The van der Waals surface area contributed by atoms with E-state index >= 15 is 0 Å². The maximum atomic E-state index is 10.4. The van der Waals surface area contributed by atoms with Gasteiger partial charge in [-0.3, -0.25) is 5.11 Å². The Bertz CT molecular complexity index is 143. The lowest BCUT2D eigenvalue weighted by Gasteiger charge is -1.86. The lowest BCUT2D eigenvalue weighted by Crippen LogP contribution is -1.65. The van der Waals surface area contributed by atoms with Gasteiger partial charge in [-0.1, -0.05) is 17.7 Å². The molecule has 0 aromatic heterocycles. The van der Waals surface area contributed by atoms with E-state index in [1.807, 2.05) is 19.1 Å². The quantitative estimate of drug-likeness (QED) is 0.484. The minimum absolute atomic E-state index is 0.0793. The molecule has 1 rings (SSSR count). The molecule has 0 fully saturated rings. The summed E-state index contributed by atoms with van der Waals surface area (Å²) in [4.78, 5) is 0. The van der Waals surface area contributed by atoms with E-state index in [4.69, 9.17) is 0 Å². The summed E-state index contributed by atoms with van der Waals surface area (Å²) in [6.07, 6.45) is 0. The lowest BCUT2D eigenvalue weighted by atomic mass is 10.2. The smallest absolute Gasteiger partial charge is 0.178 e. The molecule has 1 radical (unpaired) electrons. The van der Waals surface area contributed by atoms with Crippen molar-refractivity contribution in [2.75, 3.05) is 0 Å². The van der Waals surface area contributed by atoms with Gasteiger partial charge in [0.1, 0.15) is 0 Å². The van der Waals surface area contributed by atoms with Crippen LogP contribution in [0.1, 0.15) is 5.56 Å². The highest BCUT2D eigenvalue weighted by atomic mass is 16.3. The van der Waals surface area contributed by atoms with Gasteiger partial charge >= 0.3 is 0 Å². The summed E-state index contributed by atoms with van der Waals surface area (Å²) < 4.78 is 0. The highest BCUT2D eigenvalue weighted by Crippen LogP contribution is 2.08. The topological polar surface area (TPSA) is 19.9 Å². The van der Waals surface area contributed by atoms with Crippen molar-refractivity contribution in [3.05, 3.63) is 29.8 Å². The Morgan fingerprint density at radius 2 is 1.62 bits per heavy atom. The maximum Gasteiger partial charge on any atom is 0.178 e. The van der Waals surface area contributed by atoms with Gasteiger partial charge in [0.25, 0.3) is 0 Å². The van der Waals surface area contributed by atoms with Crippen LogP contribution < -0.4 is 0 Å². The van der Waals surface area contributed by atoms with E-state index in [-0.39, 0.29) is 5.75 Å². The first-order valence-electron chi connectivity index (χ1n) is 2.53. The Labute approximate surface area is 48.6 Å². The van der Waals surface area contributed by atoms with Crippen molar-refractivity contribution in [2.24, 2.45) is 0 Å². The zero-order valence-electron chi connectivity index (χ0n) is 4.72. The molecule has 0 spiro atoms. The van der Waals surface area contributed by atoms with Crippen molar-refractivity contribution < 1.29 is 5.11 Å². The largest absolute Gasteiger partial charge is 0.290 e. The molecule has 0 amide bonds. The fourth-order valence-electron chi connectivity index (χ4n) is 0.538. The number of hydrogen-bond acceptors (Lipinski definition) is 0. The van der Waals surface area contributed by atoms with Crippen LogP contribution in [0, 0.1) is 6.92 Å². The summed E-state index contributed by atoms with van der Waals surface area (Å²) in [6.45, 7) is 1.96. The fraction of sp³-hybridized carbons (Fsp3) is 0.143. The molecule has 0 aliphatic heterocycles. The molecule has 0 atom stereocenters. The van der Waals surface area contributed by atoms with E-state index in [0.717, 1.165) is 5.56 Å². The number of hydrogen-bond donors (Lipinski definition) is 0. The van der Waals surface area contributed by atoms with Crippen LogP contribution in [0.4, 0.5) is 0 Å². The second kappa shape index (κ2) is 1.86. The van der Waals surface area contributed by atoms with E-state index in [2.05, 4.69) is 0 Å². The lowest BCUT2D eigenvalue weighted by molar-refractivity contribution is 0.355. The molecule has 0 bridgehead atoms. The molecule has 8 heavy (non-hydrogen) atoms. The van der Waals surface area contributed by atoms with Gasteiger partial charge in [-0.15, -0.1) is 0 Å². The van der Waals surface area contributed by atoms with Crippen LogP contribution in [-0.4, -0.2) is 0 Å². The molecule has 0 saturated carbocycles. The number of benzene rings is 1. The Balaban J connectivity index is 3.03. The van der Waals surface area contributed by atoms with Crippen molar-refractivity contribution in [1.29, 1.82) is 0 Å². The minimum Gasteiger partial charge on any atom is -0.290 e. The predicted octanol–water partition coefficient (Wildman–Crippen LogP) is 2.14. The second-order valence-corrected chi connectivity index (χ2v) is 1.81. The van der Waals surface area contributed by atoms with Gasteiger partial charge in [-0.25, -0.2) is 0 Å². The Morgan fingerprint density at radius 1 is 1.12 bits per heavy atom. The predicted molar refractivity (Wildman–Crippen MR) is 31.3 cm³/mol. The molecule has 41 valence electrons. The third kappa shape index (κ3) is 0.997. The SMILES string of the molecule is Cc1ccc([O])cc1. The van der Waals surface area contributed by atoms with Crippen molar-refractivity contribution in [2.45, 2.75) is 6.92 Å². The molecule has 0 heterocycles. The van der Waals surface area contributed by atoms with Crippen molar-refractivity contribution >= 4 is 0 Å². The van der Waals surface area contributed by atoms with Crippen LogP contribution in [0.2, 0.25) is 0 Å². The Hall–Kier alpha value is -0.980. The Kier molecular flexibility index (Phi) is 1.20. The average Bonchev–Trinajstić information content (AvgIpc) is 1.77. The molecular weight excluding hydrogens is 100 g/mol. The van der Waals surface area contributed by atoms with Gasteiger partial charge in [0, 0.05) is 0 Å². The van der Waals surface area contributed by atoms with Crippen LogP contribution in [0.15, 0.2) is 24.3 Å². The fourth-order valence-corrected chi connectivity index (χ4v) is 0.538. The summed E-state index contributed by atoms with van der Waals surface area (Å²) in [6, 6.07) is 6.75. The van der Waals surface area contributed by atoms with Gasteiger partial charge in [-0.2, -0.15) is 0 Å². The van der Waals surface area contributed by atoms with Crippen LogP contribution in [0.25, 0.3) is 0 Å². The Morgan fingerprint density at radius 3 is 2.00 bits per heavy atom. The minimum atomic E-state index is 0.0793. The average molecular weight is 107 g/mol. The summed E-state index contributed by atoms with van der Waals surface area (Å²) in [7, 11) is 0. The van der Waals surface area contributed by atoms with Gasteiger partial charge in [0.2, 0.25) is 0 Å². The molecule has 0 saturated heterocycles. The first-order valence-corrected chi connectivity index (χ1v) is 2.53. The van der Waals surface area contributed by atoms with E-state index in [9.17, 15) is 5.11 Å². The third-order valence-electron chi connectivity index (χ3n) is 1.02. The van der Waals surface area contributed by atoms with E-state index in [1.54, 1.807) is 12.1 Å². The summed E-state index contributed by atoms with van der Waals surface area (Å²) in [5, 5.41) is 10.4. The van der Waals surface area contributed by atoms with Crippen LogP contribution in [-0.2, 0) is 5.11 Å². The molecule has 1 aromatic carbocycles. The van der Waals surface area contributed by atoms with E-state index in [0.29, 0.717) is 0 Å². The maximum absolute atomic E-state index is 10.4. The summed E-state index contributed by atoms with van der Waals surface area (Å²) >= 11 is 0. The van der Waals surface area contributed by atoms with Gasteiger partial charge in [0.05, 0.1) is 0 Å². The number of aryl methyl sites for hydroxylation is 1. The zero-order valence-corrected chi connectivity index (χ0v) is 4.72. The highest BCUT2D eigenvalue weighted by molar-refractivity contribution is 5.24. The van der Waals surface area contributed by atoms with Gasteiger partial charge in [-0.05, 0) is 19.1 Å². The summed E-state index contributed by atoms with van der Waals surface area (Å²) in [5.74, 6) is 0.0793. The standard InChI is InChI=1S/C7H7O/c1-6-2-4-7(8)5-3-6/h2-5H,1H3. The van der Waals surface area contributed by atoms with Crippen LogP contribution in [0.5, 0.6) is 5.75 Å². The van der Waals surface area contributed by atoms with Crippen LogP contribution >= 0.6 is 0 Å². The molecule has 0 aliphatic rings. The highest BCUT2D eigenvalue weighted by Gasteiger charge is 1.84. The van der Waals surface area contributed by atoms with Gasteiger partial charge < -0.3 is 0 Å². The molecule has 0 N–H and O–H groups in total. The molecular formula is C7H7O. The van der Waals surface area contributed by atoms with Crippen LogP contribution in [0.3, 0.4) is 0 Å². The monoisotopic (exact) mass is 107 g/mol. The number of rotatable bonds is 0. The summed E-state index contributed by atoms with van der Waals surface area (Å²) in [5.41, 5.74) is 1.13. The zero-order chi connectivity index (χ0) is 5.98. The van der Waals surface area contributed by atoms with Crippen molar-refractivity contribution in [3.63, 3.8) is 0 Å². The molecule has 0 unspecified atom stereocenters. The van der Waals surface area contributed by atoms with Crippen molar-refractivity contribution in [3.8, 4) is 5.75 Å². The molecule has 1 heteroatoms. The molecule has 1 nitrogen and oxygen atoms in total. The third-order valence-corrected chi connectivity index (χ3v) is 1.02. The normalized spacial score (nSPS) is 9.12. The molecule has 0 aliphatic carbocycles. The van der Waals surface area contributed by atoms with Gasteiger partial charge in [0.15, 0.2) is 5.75 Å². The first-order chi connectivity index (χ1) is 3.79. The van der Waals surface area contributed by atoms with Crippen molar-refractivity contribution in [1.82, 2.24) is 0 Å². The molecule has 1 aromatic rings. The first kappa shape index (κ1) is 5.16.